The summed E-state index contributed by atoms with van der Waals surface area (Å²) >= 11 is 0. The maximum absolute atomic E-state index is 12.1. The van der Waals surface area contributed by atoms with Gasteiger partial charge in [-0.2, -0.15) is 0 Å². The predicted octanol–water partition coefficient (Wildman–Crippen LogP) is 1.90. The van der Waals surface area contributed by atoms with Crippen molar-refractivity contribution in [1.29, 1.82) is 0 Å². The van der Waals surface area contributed by atoms with Crippen LogP contribution in [-0.2, 0) is 25.5 Å². The van der Waals surface area contributed by atoms with Crippen molar-refractivity contribution in [3.63, 3.8) is 0 Å². The molecule has 5 heteroatoms. The fraction of sp³-hybridized carbons (Fsp3) is 0.353. The summed E-state index contributed by atoms with van der Waals surface area (Å²) < 4.78 is 4.86. The minimum absolute atomic E-state index is 0.139. The number of ether oxygens (including phenoxy) is 1. The molecule has 0 N–H and O–H groups in total. The van der Waals surface area contributed by atoms with Gasteiger partial charge in [0.15, 0.2) is 17.5 Å². The molecule has 1 unspecified atom stereocenters. The summed E-state index contributed by atoms with van der Waals surface area (Å²) in [6.45, 7) is 1.52. The maximum atomic E-state index is 12.1. The van der Waals surface area contributed by atoms with Gasteiger partial charge in [-0.15, -0.1) is 0 Å². The molecule has 1 aliphatic rings. The minimum atomic E-state index is -1.30. The molecule has 1 aromatic rings. The summed E-state index contributed by atoms with van der Waals surface area (Å²) in [6.07, 6.45) is 1.84. The molecule has 0 radical (unpaired) electrons. The monoisotopic (exact) mass is 301 g/mol. The van der Waals surface area contributed by atoms with Crippen LogP contribution in [0.25, 0.3) is 0 Å². The predicted molar refractivity (Wildman–Crippen MR) is 82.4 cm³/mol. The molecule has 0 saturated heterocycles. The molecule has 1 aliphatic heterocycles. The van der Waals surface area contributed by atoms with Crippen LogP contribution < -0.4 is 4.90 Å². The number of hydrogen-bond acceptors (Lipinski definition) is 5. The van der Waals surface area contributed by atoms with E-state index in [1.807, 2.05) is 43.3 Å². The van der Waals surface area contributed by atoms with E-state index in [1.54, 1.807) is 0 Å². The van der Waals surface area contributed by atoms with Crippen molar-refractivity contribution in [3.8, 4) is 0 Å². The lowest BCUT2D eigenvalue weighted by Crippen LogP contribution is -2.35. The van der Waals surface area contributed by atoms with Gasteiger partial charge in [0, 0.05) is 32.3 Å². The Labute approximate surface area is 129 Å². The van der Waals surface area contributed by atoms with Crippen LogP contribution in [0.5, 0.6) is 0 Å². The first-order valence-corrected chi connectivity index (χ1v) is 7.11. The van der Waals surface area contributed by atoms with Crippen molar-refractivity contribution >= 4 is 23.2 Å². The molecule has 5 nitrogen and oxygen atoms in total. The first-order chi connectivity index (χ1) is 10.4. The molecule has 0 spiro atoms. The van der Waals surface area contributed by atoms with Gasteiger partial charge in [-0.25, -0.2) is 0 Å². The molecule has 0 bridgehead atoms. The zero-order chi connectivity index (χ0) is 16.3. The molecule has 0 saturated carbocycles. The van der Waals surface area contributed by atoms with Crippen LogP contribution in [0.15, 0.2) is 36.1 Å². The minimum Gasteiger partial charge on any atom is -0.430 e. The van der Waals surface area contributed by atoms with Crippen LogP contribution in [0.4, 0.5) is 5.69 Å². The standard InChI is InChI=1S/C17H19NO4/c1-11-10-15(20)16(17(21)22-11)14(19)9-6-12-4-7-13(8-5-12)18(2)3/h4-5,7-8,10,16H,6,9H2,1-3H3. The molecule has 2 rings (SSSR count). The van der Waals surface area contributed by atoms with Gasteiger partial charge in [-0.3, -0.25) is 14.4 Å². The van der Waals surface area contributed by atoms with Crippen LogP contribution in [0.3, 0.4) is 0 Å². The van der Waals surface area contributed by atoms with Crippen LogP contribution in [0.1, 0.15) is 18.9 Å². The number of allylic oxidation sites excluding steroid dienone is 2. The van der Waals surface area contributed by atoms with E-state index in [9.17, 15) is 14.4 Å². The molecular weight excluding hydrogens is 282 g/mol. The zero-order valence-corrected chi connectivity index (χ0v) is 13.0. The SMILES string of the molecule is CC1=CC(=O)C(C(=O)CCc2ccc(N(C)C)cc2)C(=O)O1. The third-order valence-electron chi connectivity index (χ3n) is 3.56. The number of nitrogens with zero attached hydrogens (tertiary/aromatic N) is 1. The molecule has 0 fully saturated rings. The highest BCUT2D eigenvalue weighted by Crippen LogP contribution is 2.19. The number of Topliss-reactive ketones (excluding diaryl/α,β-unsaturated/α-hetero) is 1. The van der Waals surface area contributed by atoms with E-state index in [-0.39, 0.29) is 12.2 Å². The molecule has 22 heavy (non-hydrogen) atoms. The Balaban J connectivity index is 1.98. The van der Waals surface area contributed by atoms with E-state index in [1.165, 1.54) is 13.0 Å². The van der Waals surface area contributed by atoms with Gasteiger partial charge in [0.2, 0.25) is 0 Å². The first kappa shape index (κ1) is 15.9. The fourth-order valence-electron chi connectivity index (χ4n) is 2.31. The highest BCUT2D eigenvalue weighted by molar-refractivity contribution is 6.22. The van der Waals surface area contributed by atoms with Crippen molar-refractivity contribution in [2.45, 2.75) is 19.8 Å². The molecule has 116 valence electrons. The summed E-state index contributed by atoms with van der Waals surface area (Å²) in [5.41, 5.74) is 2.06. The third kappa shape index (κ3) is 3.61. The molecule has 1 heterocycles. The lowest BCUT2D eigenvalue weighted by molar-refractivity contribution is -0.152. The Morgan fingerprint density at radius 2 is 1.82 bits per heavy atom. The van der Waals surface area contributed by atoms with Gasteiger partial charge in [-0.1, -0.05) is 12.1 Å². The van der Waals surface area contributed by atoms with Crippen molar-refractivity contribution in [3.05, 3.63) is 41.7 Å². The Morgan fingerprint density at radius 3 is 2.36 bits per heavy atom. The average Bonchev–Trinajstić information content (AvgIpc) is 2.44. The quantitative estimate of drug-likeness (QED) is 0.614. The highest BCUT2D eigenvalue weighted by Gasteiger charge is 2.36. The third-order valence-corrected chi connectivity index (χ3v) is 3.56. The van der Waals surface area contributed by atoms with E-state index < -0.39 is 23.5 Å². The van der Waals surface area contributed by atoms with Gasteiger partial charge in [0.25, 0.3) is 0 Å². The second kappa shape index (κ2) is 6.56. The number of benzene rings is 1. The van der Waals surface area contributed by atoms with Crippen molar-refractivity contribution in [1.82, 2.24) is 0 Å². The number of ketones is 2. The van der Waals surface area contributed by atoms with Gasteiger partial charge in [0.1, 0.15) is 5.76 Å². The number of hydrogen-bond donors (Lipinski definition) is 0. The summed E-state index contributed by atoms with van der Waals surface area (Å²) in [6, 6.07) is 7.80. The average molecular weight is 301 g/mol. The van der Waals surface area contributed by atoms with Gasteiger partial charge in [-0.05, 0) is 31.0 Å². The van der Waals surface area contributed by atoms with Gasteiger partial charge >= 0.3 is 5.97 Å². The van der Waals surface area contributed by atoms with E-state index >= 15 is 0 Å². The van der Waals surface area contributed by atoms with E-state index in [2.05, 4.69) is 0 Å². The lowest BCUT2D eigenvalue weighted by atomic mass is 9.92. The Morgan fingerprint density at radius 1 is 1.18 bits per heavy atom. The second-order valence-corrected chi connectivity index (χ2v) is 5.54. The lowest BCUT2D eigenvalue weighted by Gasteiger charge is -2.17. The maximum Gasteiger partial charge on any atom is 0.329 e. The smallest absolute Gasteiger partial charge is 0.329 e. The zero-order valence-electron chi connectivity index (χ0n) is 13.0. The molecule has 0 amide bonds. The second-order valence-electron chi connectivity index (χ2n) is 5.54. The van der Waals surface area contributed by atoms with Crippen molar-refractivity contribution in [2.75, 3.05) is 19.0 Å². The summed E-state index contributed by atoms with van der Waals surface area (Å²) in [7, 11) is 3.91. The van der Waals surface area contributed by atoms with Gasteiger partial charge in [0.05, 0.1) is 0 Å². The number of aryl methyl sites for hydroxylation is 1. The van der Waals surface area contributed by atoms with Crippen LogP contribution >= 0.6 is 0 Å². The summed E-state index contributed by atoms with van der Waals surface area (Å²) in [5.74, 6) is -2.71. The van der Waals surface area contributed by atoms with Gasteiger partial charge < -0.3 is 9.64 Å². The Kier molecular flexibility index (Phi) is 4.75. The van der Waals surface area contributed by atoms with E-state index in [0.717, 1.165) is 11.3 Å². The first-order valence-electron chi connectivity index (χ1n) is 7.11. The normalized spacial score (nSPS) is 17.8. The fourth-order valence-corrected chi connectivity index (χ4v) is 2.31. The number of esters is 1. The Bertz CT molecular complexity index is 629. The number of anilines is 1. The number of rotatable bonds is 5. The van der Waals surface area contributed by atoms with Crippen LogP contribution in [0.2, 0.25) is 0 Å². The van der Waals surface area contributed by atoms with Crippen LogP contribution in [0, 0.1) is 5.92 Å². The largest absolute Gasteiger partial charge is 0.430 e. The highest BCUT2D eigenvalue weighted by atomic mass is 16.5. The molecule has 1 atom stereocenters. The molecule has 1 aromatic carbocycles. The number of cyclic esters (lactones) is 1. The Hall–Kier alpha value is -2.43. The number of carbonyl (C=O) groups excluding carboxylic acids is 3. The summed E-state index contributed by atoms with van der Waals surface area (Å²) in [4.78, 5) is 37.6. The number of carbonyl (C=O) groups is 3. The molecule has 0 aliphatic carbocycles. The van der Waals surface area contributed by atoms with E-state index in [4.69, 9.17) is 4.74 Å². The van der Waals surface area contributed by atoms with E-state index in [0.29, 0.717) is 6.42 Å². The summed E-state index contributed by atoms with van der Waals surface area (Å²) in [5, 5.41) is 0. The van der Waals surface area contributed by atoms with Crippen molar-refractivity contribution in [2.24, 2.45) is 5.92 Å². The topological polar surface area (TPSA) is 63.7 Å². The molecule has 0 aromatic heterocycles. The van der Waals surface area contributed by atoms with Crippen LogP contribution in [-0.4, -0.2) is 31.6 Å². The molecular formula is C17H19NO4. The van der Waals surface area contributed by atoms with Crippen molar-refractivity contribution < 1.29 is 19.1 Å².